The second-order valence-corrected chi connectivity index (χ2v) is 18.7. The molecule has 53 heavy (non-hydrogen) atoms. The van der Waals surface area contributed by atoms with Crippen LogP contribution in [-0.4, -0.2) is 136 Å². The minimum absolute atomic E-state index is 0.00660. The van der Waals surface area contributed by atoms with Gasteiger partial charge in [0.2, 0.25) is 0 Å². The van der Waals surface area contributed by atoms with Crippen LogP contribution in [0.1, 0.15) is 90.4 Å². The van der Waals surface area contributed by atoms with E-state index in [0.717, 1.165) is 43.3 Å². The summed E-state index contributed by atoms with van der Waals surface area (Å²) in [5, 5.41) is 31.3. The number of ketones is 1. The zero-order valence-corrected chi connectivity index (χ0v) is 33.3. The van der Waals surface area contributed by atoms with E-state index >= 15 is 0 Å². The highest BCUT2D eigenvalue weighted by Crippen LogP contribution is 2.51. The Labute approximate surface area is 326 Å². The molecule has 19 atom stereocenters. The van der Waals surface area contributed by atoms with E-state index in [9.17, 15) is 20.1 Å². The normalized spacial score (nSPS) is 51.1. The average molecular weight is 859 g/mol. The van der Waals surface area contributed by atoms with Gasteiger partial charge in [0.15, 0.2) is 5.79 Å². The zero-order chi connectivity index (χ0) is 37.2. The molecule has 0 aliphatic carbocycles. The molecule has 0 aromatic carbocycles. The van der Waals surface area contributed by atoms with Crippen LogP contribution in [0.25, 0.3) is 0 Å². The summed E-state index contributed by atoms with van der Waals surface area (Å²) < 4.78 is 53.0. The van der Waals surface area contributed by atoms with E-state index in [1.165, 1.54) is 0 Å². The molecule has 13 heteroatoms. The Balaban J connectivity index is 1.07. The Morgan fingerprint density at radius 1 is 0.868 bits per heavy atom. The molecule has 8 saturated heterocycles. The summed E-state index contributed by atoms with van der Waals surface area (Å²) >= 11 is 2.38. The van der Waals surface area contributed by atoms with Crippen LogP contribution >= 0.6 is 22.6 Å². The van der Waals surface area contributed by atoms with E-state index in [1.807, 2.05) is 0 Å². The lowest BCUT2D eigenvalue weighted by molar-refractivity contribution is -0.274. The van der Waals surface area contributed by atoms with Crippen molar-refractivity contribution in [1.29, 1.82) is 0 Å². The van der Waals surface area contributed by atoms with Crippen LogP contribution in [0.3, 0.4) is 0 Å². The Morgan fingerprint density at radius 3 is 2.42 bits per heavy atom. The summed E-state index contributed by atoms with van der Waals surface area (Å²) in [6.45, 7) is 10.7. The fourth-order valence-corrected chi connectivity index (χ4v) is 11.9. The number of rotatable bonds is 4. The molecule has 298 valence electrons. The van der Waals surface area contributed by atoms with Crippen LogP contribution < -0.4 is 0 Å². The van der Waals surface area contributed by atoms with Gasteiger partial charge in [-0.15, -0.1) is 0 Å². The molecule has 0 aromatic heterocycles. The third-order valence-electron chi connectivity index (χ3n) is 13.6. The number of alkyl halides is 1. The first-order valence-electron chi connectivity index (χ1n) is 20.1. The van der Waals surface area contributed by atoms with Gasteiger partial charge in [0, 0.05) is 51.6 Å². The minimum atomic E-state index is -0.979. The smallest absolute Gasteiger partial charge is 0.172 e. The second kappa shape index (κ2) is 16.0. The number of ether oxygens (including phenoxy) is 8. The highest BCUT2D eigenvalue weighted by Gasteiger charge is 2.62. The predicted octanol–water partition coefficient (Wildman–Crippen LogP) is 3.87. The molecular weight excluding hydrogens is 799 g/mol. The van der Waals surface area contributed by atoms with Crippen molar-refractivity contribution >= 4 is 28.4 Å². The van der Waals surface area contributed by atoms with E-state index in [2.05, 4.69) is 42.7 Å². The Kier molecular flexibility index (Phi) is 11.9. The zero-order valence-electron chi connectivity index (χ0n) is 31.1. The first kappa shape index (κ1) is 39.3. The van der Waals surface area contributed by atoms with Crippen molar-refractivity contribution in [1.82, 2.24) is 0 Å². The standard InChI is InChI=1S/C40H59IO12/c1-19-11-24-5-7-29-20(2)12-26(47-29)9-10-40-17-28(45)36(52-40)38-34(41)39(53-40)37-30(51-38)8-6-25(49-37)13-22(43)14-27-32(16-31(48-24)21(19)3)50-33(35(27)46-4)15-23(44)18-42/h19,23-39,42,44-45H,2-3,5-18H2,1,4H3/t19-,23?,24+,25?,26?,27?,28-,29+,30+,31-,32?,33-,34?,35-,36?,37+,38?,39?,40+/m1/s1. The van der Waals surface area contributed by atoms with Crippen LogP contribution in [0, 0.1) is 11.8 Å². The van der Waals surface area contributed by atoms with Crippen LogP contribution in [0.15, 0.2) is 24.3 Å². The third-order valence-corrected chi connectivity index (χ3v) is 15.0. The molecule has 1 spiro atoms. The molecule has 0 saturated carbocycles. The Bertz CT molecular complexity index is 1360. The first-order valence-corrected chi connectivity index (χ1v) is 21.3. The first-order chi connectivity index (χ1) is 25.4. The number of hydrogen-bond acceptors (Lipinski definition) is 12. The number of aliphatic hydroxyl groups is 3. The van der Waals surface area contributed by atoms with Crippen molar-refractivity contribution in [2.24, 2.45) is 11.8 Å². The van der Waals surface area contributed by atoms with Gasteiger partial charge < -0.3 is 53.2 Å². The second-order valence-electron chi connectivity index (χ2n) is 17.2. The maximum absolute atomic E-state index is 14.0. The fourth-order valence-electron chi connectivity index (χ4n) is 10.8. The third kappa shape index (κ3) is 7.86. The van der Waals surface area contributed by atoms with Gasteiger partial charge in [-0.3, -0.25) is 4.79 Å². The maximum Gasteiger partial charge on any atom is 0.172 e. The van der Waals surface area contributed by atoms with Crippen molar-refractivity contribution in [3.63, 3.8) is 0 Å². The number of Topliss-reactive ketones (excluding diaryl/α,β-unsaturated/α-hetero) is 1. The summed E-state index contributed by atoms with van der Waals surface area (Å²) in [5.74, 6) is -0.945. The van der Waals surface area contributed by atoms with Gasteiger partial charge in [-0.2, -0.15) is 0 Å². The monoisotopic (exact) mass is 858 g/mol. The molecule has 9 unspecified atom stereocenters. The van der Waals surface area contributed by atoms with Gasteiger partial charge in [-0.1, -0.05) is 42.7 Å². The van der Waals surface area contributed by atoms with Gasteiger partial charge >= 0.3 is 0 Å². The lowest BCUT2D eigenvalue weighted by atomic mass is 9.81. The van der Waals surface area contributed by atoms with Gasteiger partial charge in [0.05, 0.1) is 77.7 Å². The van der Waals surface area contributed by atoms with Crippen molar-refractivity contribution in [2.75, 3.05) is 13.7 Å². The SMILES string of the molecule is C=C1CC2CC[C@]34C[C@@H](O)C(O3)C3O[C@H]5CCC(CC(=O)CC6C(C[C@H]7O[C@@H](CC[C@@H]1O2)C[C@@H](C)C7=C)O[C@H](CC(O)CO)[C@@H]6OC)O[C@@H]5C(O4)C3I. The highest BCUT2D eigenvalue weighted by atomic mass is 127. The van der Waals surface area contributed by atoms with Crippen molar-refractivity contribution < 1.29 is 58.0 Å². The lowest BCUT2D eigenvalue weighted by Crippen LogP contribution is -2.63. The molecular formula is C40H59IO12. The van der Waals surface area contributed by atoms with Crippen LogP contribution in [0.2, 0.25) is 0 Å². The van der Waals surface area contributed by atoms with Gasteiger partial charge in [0.1, 0.15) is 30.2 Å². The molecule has 8 rings (SSSR count). The van der Waals surface area contributed by atoms with Crippen LogP contribution in [-0.2, 0) is 42.7 Å². The van der Waals surface area contributed by atoms with Crippen molar-refractivity contribution in [2.45, 2.75) is 192 Å². The molecule has 0 radical (unpaired) electrons. The number of halogens is 1. The summed E-state index contributed by atoms with van der Waals surface area (Å²) in [6, 6.07) is 0. The number of aliphatic hydroxyl groups excluding tert-OH is 3. The molecule has 8 aliphatic rings. The average Bonchev–Trinajstić information content (AvgIpc) is 3.75. The number of hydrogen-bond donors (Lipinski definition) is 3. The molecule has 8 aliphatic heterocycles. The number of carbonyl (C=O) groups is 1. The summed E-state index contributed by atoms with van der Waals surface area (Å²) in [6.07, 6.45) is 2.16. The molecule has 8 heterocycles. The minimum Gasteiger partial charge on any atom is -0.394 e. The van der Waals surface area contributed by atoms with Crippen molar-refractivity contribution in [3.05, 3.63) is 24.3 Å². The van der Waals surface area contributed by atoms with Gasteiger partial charge in [-0.05, 0) is 62.0 Å². The maximum atomic E-state index is 14.0. The summed E-state index contributed by atoms with van der Waals surface area (Å²) in [4.78, 5) is 14.0. The van der Waals surface area contributed by atoms with E-state index in [0.29, 0.717) is 32.1 Å². The van der Waals surface area contributed by atoms with Gasteiger partial charge in [-0.25, -0.2) is 0 Å². The van der Waals surface area contributed by atoms with E-state index < -0.39 is 36.3 Å². The highest BCUT2D eigenvalue weighted by molar-refractivity contribution is 14.1. The molecule has 3 N–H and O–H groups in total. The number of carbonyl (C=O) groups excluding carboxylic acids is 1. The van der Waals surface area contributed by atoms with Crippen LogP contribution in [0.5, 0.6) is 0 Å². The summed E-state index contributed by atoms with van der Waals surface area (Å²) in [7, 11) is 1.62. The van der Waals surface area contributed by atoms with Crippen LogP contribution in [0.4, 0.5) is 0 Å². The van der Waals surface area contributed by atoms with E-state index in [-0.39, 0.29) is 108 Å². The topological polar surface area (TPSA) is 152 Å². The van der Waals surface area contributed by atoms with Crippen molar-refractivity contribution in [3.8, 4) is 0 Å². The molecule has 0 aromatic rings. The number of fused-ring (bicyclic) bond motifs is 9. The molecule has 12 nitrogen and oxygen atoms in total. The fraction of sp³-hybridized carbons (Fsp3) is 0.875. The molecule has 8 fully saturated rings. The van der Waals surface area contributed by atoms with E-state index in [1.54, 1.807) is 7.11 Å². The Morgan fingerprint density at radius 2 is 1.62 bits per heavy atom. The predicted molar refractivity (Wildman–Crippen MR) is 199 cm³/mol. The van der Waals surface area contributed by atoms with Gasteiger partial charge in [0.25, 0.3) is 0 Å². The quantitative estimate of drug-likeness (QED) is 0.214. The number of methoxy groups -OCH3 is 1. The molecule has 0 amide bonds. The Hall–Kier alpha value is -0.560. The summed E-state index contributed by atoms with van der Waals surface area (Å²) in [5.41, 5.74) is 2.12. The molecule has 10 bridgehead atoms. The lowest BCUT2D eigenvalue weighted by Gasteiger charge is -2.49. The van der Waals surface area contributed by atoms with E-state index in [4.69, 9.17) is 37.9 Å². The largest absolute Gasteiger partial charge is 0.394 e.